The number of hydrogen-bond donors (Lipinski definition) is 2. The van der Waals surface area contributed by atoms with Gasteiger partial charge in [0, 0.05) is 18.6 Å². The molecule has 0 saturated carbocycles. The molecule has 3 N–H and O–H groups in total. The quantitative estimate of drug-likeness (QED) is 0.325. The second-order valence-electron chi connectivity index (χ2n) is 5.21. The molecule has 0 amide bonds. The molecule has 0 aliphatic rings. The zero-order valence-electron chi connectivity index (χ0n) is 12.3. The van der Waals surface area contributed by atoms with Crippen molar-refractivity contribution >= 4 is 5.96 Å². The minimum absolute atomic E-state index is 0.255. The van der Waals surface area contributed by atoms with Gasteiger partial charge in [-0.1, -0.05) is 27.7 Å². The van der Waals surface area contributed by atoms with E-state index < -0.39 is 0 Å². The molecule has 0 rings (SSSR count). The SMILES string of the molecule is CCC(CC)N(CC(C)C)C(=NC(C)C)NN. The topological polar surface area (TPSA) is 53.6 Å². The number of hydrazine groups is 1. The van der Waals surface area contributed by atoms with Crippen LogP contribution in [-0.4, -0.2) is 29.5 Å². The molecule has 0 atom stereocenters. The largest absolute Gasteiger partial charge is 0.339 e. The van der Waals surface area contributed by atoms with E-state index in [1.807, 2.05) is 0 Å². The molecule has 0 saturated heterocycles. The van der Waals surface area contributed by atoms with Gasteiger partial charge in [0.25, 0.3) is 0 Å². The highest BCUT2D eigenvalue weighted by Crippen LogP contribution is 2.12. The molecule has 102 valence electrons. The predicted octanol–water partition coefficient (Wildman–Crippen LogP) is 2.36. The molecule has 0 bridgehead atoms. The van der Waals surface area contributed by atoms with Gasteiger partial charge in [-0.2, -0.15) is 0 Å². The van der Waals surface area contributed by atoms with Gasteiger partial charge in [-0.15, -0.1) is 0 Å². The molecule has 0 aliphatic carbocycles. The third kappa shape index (κ3) is 5.91. The van der Waals surface area contributed by atoms with Crippen molar-refractivity contribution in [2.24, 2.45) is 16.8 Å². The summed E-state index contributed by atoms with van der Waals surface area (Å²) in [7, 11) is 0. The average molecular weight is 242 g/mol. The Balaban J connectivity index is 4.98. The number of guanidine groups is 1. The highest BCUT2D eigenvalue weighted by Gasteiger charge is 2.19. The fourth-order valence-corrected chi connectivity index (χ4v) is 1.97. The third-order valence-electron chi connectivity index (χ3n) is 2.73. The van der Waals surface area contributed by atoms with E-state index in [1.165, 1.54) is 0 Å². The van der Waals surface area contributed by atoms with Crippen LogP contribution in [0.25, 0.3) is 0 Å². The number of aliphatic imine (C=N–C) groups is 1. The van der Waals surface area contributed by atoms with Crippen molar-refractivity contribution in [2.45, 2.75) is 66.5 Å². The summed E-state index contributed by atoms with van der Waals surface area (Å²) < 4.78 is 0. The Morgan fingerprint density at radius 1 is 1.18 bits per heavy atom. The van der Waals surface area contributed by atoms with Gasteiger partial charge >= 0.3 is 0 Å². The van der Waals surface area contributed by atoms with Gasteiger partial charge in [0.15, 0.2) is 0 Å². The van der Waals surface area contributed by atoms with Crippen molar-refractivity contribution in [3.63, 3.8) is 0 Å². The van der Waals surface area contributed by atoms with Crippen molar-refractivity contribution in [1.82, 2.24) is 10.3 Å². The third-order valence-corrected chi connectivity index (χ3v) is 2.73. The van der Waals surface area contributed by atoms with E-state index in [0.717, 1.165) is 25.3 Å². The fourth-order valence-electron chi connectivity index (χ4n) is 1.97. The Hall–Kier alpha value is -0.770. The van der Waals surface area contributed by atoms with Gasteiger partial charge in [-0.25, -0.2) is 10.8 Å². The molecule has 0 spiro atoms. The summed E-state index contributed by atoms with van der Waals surface area (Å²) in [5.41, 5.74) is 2.76. The van der Waals surface area contributed by atoms with Crippen molar-refractivity contribution in [2.75, 3.05) is 6.54 Å². The molecular formula is C13H30N4. The summed E-state index contributed by atoms with van der Waals surface area (Å²) in [4.78, 5) is 6.88. The first-order valence-electron chi connectivity index (χ1n) is 6.77. The van der Waals surface area contributed by atoms with Crippen LogP contribution in [0.1, 0.15) is 54.4 Å². The molecule has 0 fully saturated rings. The zero-order chi connectivity index (χ0) is 13.4. The lowest BCUT2D eigenvalue weighted by molar-refractivity contribution is 0.257. The second-order valence-corrected chi connectivity index (χ2v) is 5.21. The number of rotatable bonds is 6. The molecule has 0 heterocycles. The second kappa shape index (κ2) is 8.34. The van der Waals surface area contributed by atoms with Crippen LogP contribution in [0.4, 0.5) is 0 Å². The number of nitrogens with zero attached hydrogens (tertiary/aromatic N) is 2. The van der Waals surface area contributed by atoms with E-state index in [0.29, 0.717) is 12.0 Å². The number of nitrogens with one attached hydrogen (secondary N) is 1. The highest BCUT2D eigenvalue weighted by molar-refractivity contribution is 5.79. The van der Waals surface area contributed by atoms with Gasteiger partial charge in [-0.3, -0.25) is 5.43 Å². The minimum atomic E-state index is 0.255. The van der Waals surface area contributed by atoms with Crippen LogP contribution >= 0.6 is 0 Å². The summed E-state index contributed by atoms with van der Waals surface area (Å²) in [6.07, 6.45) is 2.23. The van der Waals surface area contributed by atoms with Crippen LogP contribution < -0.4 is 11.3 Å². The van der Waals surface area contributed by atoms with E-state index >= 15 is 0 Å². The van der Waals surface area contributed by atoms with E-state index in [-0.39, 0.29) is 6.04 Å². The smallest absolute Gasteiger partial charge is 0.208 e. The van der Waals surface area contributed by atoms with Crippen molar-refractivity contribution < 1.29 is 0 Å². The van der Waals surface area contributed by atoms with Gasteiger partial charge < -0.3 is 4.90 Å². The lowest BCUT2D eigenvalue weighted by atomic mass is 10.1. The number of hydrogen-bond acceptors (Lipinski definition) is 2. The molecule has 4 nitrogen and oxygen atoms in total. The lowest BCUT2D eigenvalue weighted by Crippen LogP contribution is -2.51. The molecule has 0 unspecified atom stereocenters. The van der Waals surface area contributed by atoms with Crippen LogP contribution in [-0.2, 0) is 0 Å². The molecule has 17 heavy (non-hydrogen) atoms. The van der Waals surface area contributed by atoms with E-state index in [9.17, 15) is 0 Å². The van der Waals surface area contributed by atoms with Gasteiger partial charge in [0.1, 0.15) is 0 Å². The first-order chi connectivity index (χ1) is 7.96. The van der Waals surface area contributed by atoms with E-state index in [2.05, 4.69) is 56.9 Å². The first kappa shape index (κ1) is 16.2. The molecule has 0 aromatic carbocycles. The Labute approximate surface area is 107 Å². The summed E-state index contributed by atoms with van der Waals surface area (Å²) in [5.74, 6) is 7.04. The van der Waals surface area contributed by atoms with E-state index in [1.54, 1.807) is 0 Å². The van der Waals surface area contributed by atoms with Crippen LogP contribution in [0, 0.1) is 5.92 Å². The van der Waals surface area contributed by atoms with Crippen molar-refractivity contribution in [1.29, 1.82) is 0 Å². The van der Waals surface area contributed by atoms with E-state index in [4.69, 9.17) is 5.84 Å². The van der Waals surface area contributed by atoms with Crippen molar-refractivity contribution in [3.05, 3.63) is 0 Å². The van der Waals surface area contributed by atoms with Crippen LogP contribution in [0.2, 0.25) is 0 Å². The first-order valence-corrected chi connectivity index (χ1v) is 6.77. The standard InChI is InChI=1S/C13H30N4/c1-7-12(8-2)17(9-10(3)4)13(16-14)15-11(5)6/h10-12H,7-9,14H2,1-6H3,(H,15,16). The molecule has 0 aliphatic heterocycles. The van der Waals surface area contributed by atoms with Gasteiger partial charge in [0.05, 0.1) is 0 Å². The Morgan fingerprint density at radius 2 is 1.71 bits per heavy atom. The summed E-state index contributed by atoms with van der Waals surface area (Å²) >= 11 is 0. The fraction of sp³-hybridized carbons (Fsp3) is 0.923. The number of nitrogens with two attached hydrogens (primary N) is 1. The highest BCUT2D eigenvalue weighted by atomic mass is 15.4. The maximum Gasteiger partial charge on any atom is 0.208 e. The molecular weight excluding hydrogens is 212 g/mol. The Kier molecular flexibility index (Phi) is 7.96. The molecule has 0 aromatic rings. The van der Waals surface area contributed by atoms with Crippen LogP contribution in [0.3, 0.4) is 0 Å². The summed E-state index contributed by atoms with van der Waals surface area (Å²) in [6.45, 7) is 14.0. The maximum atomic E-state index is 5.62. The monoisotopic (exact) mass is 242 g/mol. The average Bonchev–Trinajstić information content (AvgIpc) is 2.25. The molecule has 0 aromatic heterocycles. The van der Waals surface area contributed by atoms with Crippen LogP contribution in [0.15, 0.2) is 4.99 Å². The molecule has 0 radical (unpaired) electrons. The Bertz CT molecular complexity index is 219. The molecule has 4 heteroatoms. The van der Waals surface area contributed by atoms with Gasteiger partial charge in [0.2, 0.25) is 5.96 Å². The Morgan fingerprint density at radius 3 is 2.00 bits per heavy atom. The maximum absolute atomic E-state index is 5.62. The summed E-state index contributed by atoms with van der Waals surface area (Å²) in [6, 6.07) is 0.760. The van der Waals surface area contributed by atoms with Crippen molar-refractivity contribution in [3.8, 4) is 0 Å². The summed E-state index contributed by atoms with van der Waals surface area (Å²) in [5, 5.41) is 0. The minimum Gasteiger partial charge on any atom is -0.339 e. The normalized spacial score (nSPS) is 12.7. The zero-order valence-corrected chi connectivity index (χ0v) is 12.3. The predicted molar refractivity (Wildman–Crippen MR) is 75.8 cm³/mol. The van der Waals surface area contributed by atoms with Gasteiger partial charge in [-0.05, 0) is 32.6 Å². The van der Waals surface area contributed by atoms with Crippen LogP contribution in [0.5, 0.6) is 0 Å². The lowest BCUT2D eigenvalue weighted by Gasteiger charge is -2.34.